The van der Waals surface area contributed by atoms with Crippen molar-refractivity contribution in [2.45, 2.75) is 31.0 Å². The second-order valence-corrected chi connectivity index (χ2v) is 8.48. The maximum absolute atomic E-state index is 11.9. The Labute approximate surface area is 79.3 Å². The highest BCUT2D eigenvalue weighted by Gasteiger charge is 2.56. The first kappa shape index (κ1) is 13.7. The minimum Gasteiger partial charge on any atom is -0.212 e. The van der Waals surface area contributed by atoms with Crippen molar-refractivity contribution in [3.05, 3.63) is 0 Å². The Hall–Kier alpha value is -0.310. The van der Waals surface area contributed by atoms with Crippen molar-refractivity contribution in [3.63, 3.8) is 0 Å². The summed E-state index contributed by atoms with van der Waals surface area (Å²) in [6.07, 6.45) is -0.197. The molecule has 9 heteroatoms. The summed E-state index contributed by atoms with van der Waals surface area (Å²) in [7, 11) is -11.3. The van der Waals surface area contributed by atoms with E-state index in [1.165, 1.54) is 6.92 Å². The maximum Gasteiger partial charge on any atom is 0.512 e. The van der Waals surface area contributed by atoms with Crippen LogP contribution >= 0.6 is 0 Å². The second-order valence-electron chi connectivity index (χ2n) is 2.61. The highest BCUT2D eigenvalue weighted by molar-refractivity contribution is 8.67. The molecule has 86 valence electrons. The van der Waals surface area contributed by atoms with Crippen LogP contribution in [0.5, 0.6) is 0 Å². The van der Waals surface area contributed by atoms with Crippen molar-refractivity contribution in [2.24, 2.45) is 0 Å². The van der Waals surface area contributed by atoms with Gasteiger partial charge in [0.15, 0.2) is 0 Å². The van der Waals surface area contributed by atoms with Crippen molar-refractivity contribution in [2.75, 3.05) is 0 Å². The van der Waals surface area contributed by atoms with Gasteiger partial charge in [-0.25, -0.2) is 16.8 Å². The van der Waals surface area contributed by atoms with E-state index in [1.54, 1.807) is 0 Å². The van der Waals surface area contributed by atoms with Crippen molar-refractivity contribution in [3.8, 4) is 0 Å². The van der Waals surface area contributed by atoms with Crippen LogP contribution in [0.4, 0.5) is 13.2 Å². The molecule has 0 aliphatic carbocycles. The lowest BCUT2D eigenvalue weighted by atomic mass is 10.4. The van der Waals surface area contributed by atoms with Gasteiger partial charge in [-0.15, -0.1) is 0 Å². The van der Waals surface area contributed by atoms with E-state index >= 15 is 0 Å². The Morgan fingerprint density at radius 1 is 1.14 bits per heavy atom. The molecule has 0 bridgehead atoms. The van der Waals surface area contributed by atoms with Gasteiger partial charge in [0.05, 0.1) is 5.25 Å². The van der Waals surface area contributed by atoms with Crippen LogP contribution in [0.1, 0.15) is 20.3 Å². The molecule has 14 heavy (non-hydrogen) atoms. The lowest BCUT2D eigenvalue weighted by Crippen LogP contribution is -2.36. The zero-order valence-corrected chi connectivity index (χ0v) is 9.00. The summed E-state index contributed by atoms with van der Waals surface area (Å²) in [5, 5.41) is -1.56. The number of rotatable bonds is 3. The number of hydrogen-bond donors (Lipinski definition) is 0. The van der Waals surface area contributed by atoms with Gasteiger partial charge in [-0.05, 0) is 13.3 Å². The fourth-order valence-corrected chi connectivity index (χ4v) is 4.15. The molecule has 0 aromatic carbocycles. The molecule has 0 rings (SSSR count). The van der Waals surface area contributed by atoms with Crippen LogP contribution in [0.3, 0.4) is 0 Å². The third-order valence-electron chi connectivity index (χ3n) is 1.66. The lowest BCUT2D eigenvalue weighted by molar-refractivity contribution is -0.0412. The van der Waals surface area contributed by atoms with Gasteiger partial charge in [-0.1, -0.05) is 6.92 Å². The molecule has 4 nitrogen and oxygen atoms in total. The molecule has 0 heterocycles. The van der Waals surface area contributed by atoms with E-state index in [0.29, 0.717) is 0 Å². The molecule has 0 aliphatic heterocycles. The fraction of sp³-hybridized carbons (Fsp3) is 1.00. The molecule has 0 saturated carbocycles. The molecule has 0 aromatic heterocycles. The third kappa shape index (κ3) is 2.02. The molecule has 0 aromatic rings. The third-order valence-corrected chi connectivity index (χ3v) is 7.54. The van der Waals surface area contributed by atoms with Crippen LogP contribution in [-0.2, 0) is 17.7 Å². The molecule has 0 saturated heterocycles. The standard InChI is InChI=1S/C5H9F3O4S2/c1-3-4(2)13(9,10)14(11,12)5(6,7)8/h4H,3H2,1-2H3. The van der Waals surface area contributed by atoms with E-state index in [0.717, 1.165) is 6.92 Å². The summed E-state index contributed by atoms with van der Waals surface area (Å²) in [4.78, 5) is 0. The first-order valence-corrected chi connectivity index (χ1v) is 7.08. The normalized spacial score (nSPS) is 16.6. The Morgan fingerprint density at radius 3 is 1.71 bits per heavy atom. The molecule has 1 unspecified atom stereocenters. The Bertz CT molecular complexity index is 391. The second kappa shape index (κ2) is 3.69. The highest BCUT2D eigenvalue weighted by atomic mass is 33.2. The minimum absolute atomic E-state index is 0.197. The highest BCUT2D eigenvalue weighted by Crippen LogP contribution is 2.30. The summed E-state index contributed by atoms with van der Waals surface area (Å²) in [5.41, 5.74) is -5.75. The van der Waals surface area contributed by atoms with Gasteiger partial charge in [0.25, 0.3) is 8.87 Å². The van der Waals surface area contributed by atoms with Crippen LogP contribution in [-0.4, -0.2) is 27.6 Å². The lowest BCUT2D eigenvalue weighted by Gasteiger charge is -2.12. The summed E-state index contributed by atoms with van der Waals surface area (Å²) in [6.45, 7) is 2.20. The maximum atomic E-state index is 11.9. The largest absolute Gasteiger partial charge is 0.512 e. The topological polar surface area (TPSA) is 68.3 Å². The molecule has 0 fully saturated rings. The molecular weight excluding hydrogens is 245 g/mol. The van der Waals surface area contributed by atoms with Gasteiger partial charge in [0.1, 0.15) is 0 Å². The average Bonchev–Trinajstić information content (AvgIpc) is 2.00. The van der Waals surface area contributed by atoms with Gasteiger partial charge in [-0.2, -0.15) is 13.2 Å². The van der Waals surface area contributed by atoms with Gasteiger partial charge < -0.3 is 0 Å². The van der Waals surface area contributed by atoms with E-state index in [2.05, 4.69) is 0 Å². The van der Waals surface area contributed by atoms with E-state index in [9.17, 15) is 30.0 Å². The smallest absolute Gasteiger partial charge is 0.212 e. The summed E-state index contributed by atoms with van der Waals surface area (Å²) < 4.78 is 78.5. The van der Waals surface area contributed by atoms with Crippen LogP contribution in [0.25, 0.3) is 0 Å². The van der Waals surface area contributed by atoms with E-state index in [4.69, 9.17) is 0 Å². The van der Waals surface area contributed by atoms with Crippen LogP contribution in [0.15, 0.2) is 0 Å². The molecular formula is C5H9F3O4S2. The first-order chi connectivity index (χ1) is 5.98. The van der Waals surface area contributed by atoms with Crippen LogP contribution in [0.2, 0.25) is 0 Å². The van der Waals surface area contributed by atoms with E-state index in [1.807, 2.05) is 0 Å². The molecule has 0 amide bonds. The van der Waals surface area contributed by atoms with E-state index in [-0.39, 0.29) is 6.42 Å². The Balaban J connectivity index is 5.57. The fourth-order valence-electron chi connectivity index (χ4n) is 0.552. The number of alkyl halides is 3. The molecule has 0 spiro atoms. The average molecular weight is 254 g/mol. The molecule has 0 N–H and O–H groups in total. The number of halogens is 3. The predicted octanol–water partition coefficient (Wildman–Crippen LogP) is 1.05. The van der Waals surface area contributed by atoms with Gasteiger partial charge in [0, 0.05) is 0 Å². The van der Waals surface area contributed by atoms with Crippen molar-refractivity contribution in [1.29, 1.82) is 0 Å². The Kier molecular flexibility index (Phi) is 3.60. The Morgan fingerprint density at radius 2 is 1.50 bits per heavy atom. The van der Waals surface area contributed by atoms with Crippen LogP contribution < -0.4 is 0 Å². The molecule has 0 radical (unpaired) electrons. The van der Waals surface area contributed by atoms with Crippen LogP contribution in [0, 0.1) is 0 Å². The summed E-state index contributed by atoms with van der Waals surface area (Å²) in [5.74, 6) is 0. The SMILES string of the molecule is CCC(C)S(=O)(=O)S(=O)(=O)C(F)(F)F. The molecule has 0 aliphatic rings. The van der Waals surface area contributed by atoms with Gasteiger partial charge in [-0.3, -0.25) is 0 Å². The predicted molar refractivity (Wildman–Crippen MR) is 43.6 cm³/mol. The van der Waals surface area contributed by atoms with Gasteiger partial charge in [0.2, 0.25) is 0 Å². The van der Waals surface area contributed by atoms with Crippen molar-refractivity contribution < 1.29 is 30.0 Å². The first-order valence-electron chi connectivity index (χ1n) is 3.53. The van der Waals surface area contributed by atoms with Crippen molar-refractivity contribution in [1.82, 2.24) is 0 Å². The summed E-state index contributed by atoms with van der Waals surface area (Å²) >= 11 is 0. The minimum atomic E-state index is -6.12. The van der Waals surface area contributed by atoms with E-state index < -0.39 is 28.5 Å². The quantitative estimate of drug-likeness (QED) is 0.706. The molecule has 1 atom stereocenters. The monoisotopic (exact) mass is 254 g/mol. The van der Waals surface area contributed by atoms with Crippen molar-refractivity contribution >= 4 is 17.7 Å². The summed E-state index contributed by atoms with van der Waals surface area (Å²) in [6, 6.07) is 0. The number of hydrogen-bond acceptors (Lipinski definition) is 4. The zero-order chi connectivity index (χ0) is 11.8. The van der Waals surface area contributed by atoms with Gasteiger partial charge >= 0.3 is 14.4 Å². The zero-order valence-electron chi connectivity index (χ0n) is 7.37.